The van der Waals surface area contributed by atoms with Crippen LogP contribution in [0.15, 0.2) is 70.6 Å². The zero-order valence-electron chi connectivity index (χ0n) is 12.0. The largest absolute Gasteiger partial charge is 1.00 e. The quantitative estimate of drug-likeness (QED) is 0.519. The smallest absolute Gasteiger partial charge is 0.860 e. The first-order valence-corrected chi connectivity index (χ1v) is 5.87. The van der Waals surface area contributed by atoms with Crippen molar-refractivity contribution in [1.29, 1.82) is 0 Å². The molecule has 6 heteroatoms. The average Bonchev–Trinajstić information content (AvgIpc) is 2.76. The van der Waals surface area contributed by atoms with Crippen LogP contribution in [0.3, 0.4) is 0 Å². The number of aliphatic imine (C=N–C) groups is 2. The summed E-state index contributed by atoms with van der Waals surface area (Å²) in [5.74, 6) is -0.532. The van der Waals surface area contributed by atoms with E-state index in [9.17, 15) is 10.2 Å². The van der Waals surface area contributed by atoms with Gasteiger partial charge >= 0.3 is 59.1 Å². The Morgan fingerprint density at radius 1 is 0.714 bits per heavy atom. The van der Waals surface area contributed by atoms with Crippen LogP contribution < -0.4 is 69.3 Å². The van der Waals surface area contributed by atoms with E-state index in [0.29, 0.717) is 11.1 Å². The summed E-state index contributed by atoms with van der Waals surface area (Å²) in [5, 5.41) is 23.7. The Labute approximate surface area is 167 Å². The van der Waals surface area contributed by atoms with Crippen molar-refractivity contribution in [3.63, 3.8) is 0 Å². The summed E-state index contributed by atoms with van der Waals surface area (Å²) in [6, 6.07) is 17.3. The predicted octanol–water partition coefficient (Wildman–Crippen LogP) is -5.57. The maximum absolute atomic E-state index is 12.2. The Morgan fingerprint density at radius 2 is 1.14 bits per heavy atom. The third-order valence-electron chi connectivity index (χ3n) is 3.15. The van der Waals surface area contributed by atoms with Crippen molar-refractivity contribution in [2.24, 2.45) is 9.98 Å². The van der Waals surface area contributed by atoms with E-state index < -0.39 is 17.5 Å². The SMILES string of the molecule is [Na+].[Na+].[O-]C1=NC(c2ccccc2)(c2ccccc2)C([O-])=N1. The van der Waals surface area contributed by atoms with Crippen LogP contribution >= 0.6 is 0 Å². The number of rotatable bonds is 2. The second-order valence-electron chi connectivity index (χ2n) is 4.25. The van der Waals surface area contributed by atoms with Crippen LogP contribution in [0.1, 0.15) is 11.1 Å². The third-order valence-corrected chi connectivity index (χ3v) is 3.15. The van der Waals surface area contributed by atoms with Crippen LogP contribution in [0, 0.1) is 0 Å². The van der Waals surface area contributed by atoms with Gasteiger partial charge in [-0.05, 0) is 11.1 Å². The molecule has 4 nitrogen and oxygen atoms in total. The van der Waals surface area contributed by atoms with Crippen molar-refractivity contribution in [1.82, 2.24) is 0 Å². The van der Waals surface area contributed by atoms with Gasteiger partial charge in [0.15, 0.2) is 0 Å². The molecule has 0 saturated heterocycles. The number of hydrogen-bond donors (Lipinski definition) is 0. The molecular weight excluding hydrogens is 286 g/mol. The van der Waals surface area contributed by atoms with Crippen LogP contribution in [0.25, 0.3) is 0 Å². The minimum Gasteiger partial charge on any atom is -0.860 e. The van der Waals surface area contributed by atoms with Gasteiger partial charge in [-0.1, -0.05) is 60.7 Å². The molecule has 0 N–H and O–H groups in total. The average molecular weight is 296 g/mol. The number of benzene rings is 2. The molecule has 0 aromatic heterocycles. The summed E-state index contributed by atoms with van der Waals surface area (Å²) in [5.41, 5.74) is -0.0128. The van der Waals surface area contributed by atoms with Crippen LogP contribution in [-0.2, 0) is 5.54 Å². The van der Waals surface area contributed by atoms with Crippen molar-refractivity contribution >= 4 is 11.9 Å². The Hall–Kier alpha value is -0.620. The van der Waals surface area contributed by atoms with Crippen LogP contribution in [0.2, 0.25) is 0 Å². The van der Waals surface area contributed by atoms with Gasteiger partial charge < -0.3 is 10.2 Å². The molecule has 1 aliphatic rings. The summed E-state index contributed by atoms with van der Waals surface area (Å²) in [6.45, 7) is 0. The van der Waals surface area contributed by atoms with E-state index in [4.69, 9.17) is 0 Å². The second-order valence-corrected chi connectivity index (χ2v) is 4.25. The minimum atomic E-state index is -1.32. The molecule has 0 fully saturated rings. The van der Waals surface area contributed by atoms with Gasteiger partial charge in [0, 0.05) is 5.90 Å². The number of hydrogen-bond acceptors (Lipinski definition) is 4. The van der Waals surface area contributed by atoms with Gasteiger partial charge in [0.05, 0.1) is 6.02 Å². The maximum Gasteiger partial charge on any atom is 1.00 e. The molecule has 2 aromatic rings. The zero-order valence-corrected chi connectivity index (χ0v) is 16.0. The molecule has 2 aromatic carbocycles. The van der Waals surface area contributed by atoms with E-state index >= 15 is 0 Å². The maximum atomic E-state index is 12.2. The van der Waals surface area contributed by atoms with Crippen molar-refractivity contribution in [3.8, 4) is 0 Å². The molecule has 21 heavy (non-hydrogen) atoms. The van der Waals surface area contributed by atoms with E-state index in [1.807, 2.05) is 36.4 Å². The number of nitrogens with zero attached hydrogens (tertiary/aromatic N) is 2. The van der Waals surface area contributed by atoms with Gasteiger partial charge in [-0.15, -0.1) is 0 Å². The van der Waals surface area contributed by atoms with Gasteiger partial charge in [-0.25, -0.2) is 0 Å². The van der Waals surface area contributed by atoms with E-state index in [0.717, 1.165) is 0 Å². The molecule has 0 aliphatic carbocycles. The van der Waals surface area contributed by atoms with E-state index in [1.54, 1.807) is 24.3 Å². The van der Waals surface area contributed by atoms with E-state index in [-0.39, 0.29) is 59.1 Å². The Morgan fingerprint density at radius 3 is 1.48 bits per heavy atom. The fraction of sp³-hybridized carbons (Fsp3) is 0.0667. The van der Waals surface area contributed by atoms with Crippen LogP contribution in [-0.4, -0.2) is 11.9 Å². The van der Waals surface area contributed by atoms with E-state index in [1.165, 1.54) is 0 Å². The normalized spacial score (nSPS) is 15.2. The third kappa shape index (κ3) is 3.26. The first kappa shape index (κ1) is 18.4. The molecule has 0 spiro atoms. The molecule has 94 valence electrons. The summed E-state index contributed by atoms with van der Waals surface area (Å²) < 4.78 is 0. The monoisotopic (exact) mass is 296 g/mol. The molecule has 1 heterocycles. The number of amidine groups is 1. The van der Waals surface area contributed by atoms with Crippen LogP contribution in [0.5, 0.6) is 0 Å². The van der Waals surface area contributed by atoms with Crippen molar-refractivity contribution in [2.45, 2.75) is 5.54 Å². The molecule has 0 saturated carbocycles. The Balaban J connectivity index is 0.00000110. The topological polar surface area (TPSA) is 70.8 Å². The molecule has 0 radical (unpaired) electrons. The fourth-order valence-corrected chi connectivity index (χ4v) is 2.29. The summed E-state index contributed by atoms with van der Waals surface area (Å²) in [4.78, 5) is 7.44. The Bertz CT molecular complexity index is 618. The van der Waals surface area contributed by atoms with Gasteiger partial charge in [0.25, 0.3) is 0 Å². The predicted molar refractivity (Wildman–Crippen MR) is 68.5 cm³/mol. The molecule has 3 rings (SSSR count). The Kier molecular flexibility index (Phi) is 6.66. The second kappa shape index (κ2) is 7.58. The standard InChI is InChI=1S/C15H12N2O2.2Na/c18-13-15(17-14(19)16-13,11-7-3-1-4-8-11)12-9-5-2-6-10-12;;/h1-10H,(H2,16,17,18,19);;/q;2*+1/p-2. The zero-order chi connectivity index (χ0) is 13.3. The molecule has 0 unspecified atom stereocenters. The van der Waals surface area contributed by atoms with Gasteiger partial charge in [-0.2, -0.15) is 0 Å². The fourth-order valence-electron chi connectivity index (χ4n) is 2.29. The summed E-state index contributed by atoms with van der Waals surface area (Å²) in [7, 11) is 0. The molecule has 0 amide bonds. The first-order chi connectivity index (χ1) is 9.23. The molecule has 0 atom stereocenters. The minimum absolute atomic E-state index is 0. The van der Waals surface area contributed by atoms with Gasteiger partial charge in [0.2, 0.25) is 0 Å². The first-order valence-electron chi connectivity index (χ1n) is 5.87. The molecular formula is C15H10N2Na2O2. The van der Waals surface area contributed by atoms with Gasteiger partial charge in [0.1, 0.15) is 5.54 Å². The molecule has 0 bridgehead atoms. The summed E-state index contributed by atoms with van der Waals surface area (Å²) >= 11 is 0. The van der Waals surface area contributed by atoms with Crippen LogP contribution in [0.4, 0.5) is 0 Å². The van der Waals surface area contributed by atoms with E-state index in [2.05, 4.69) is 9.98 Å². The van der Waals surface area contributed by atoms with Crippen molar-refractivity contribution in [2.75, 3.05) is 0 Å². The van der Waals surface area contributed by atoms with Crippen molar-refractivity contribution < 1.29 is 69.3 Å². The van der Waals surface area contributed by atoms with Gasteiger partial charge in [-0.3, -0.25) is 9.98 Å². The molecule has 1 aliphatic heterocycles. The summed E-state index contributed by atoms with van der Waals surface area (Å²) in [6.07, 6.45) is 0. The van der Waals surface area contributed by atoms with Crippen molar-refractivity contribution in [3.05, 3.63) is 71.8 Å².